The van der Waals surface area contributed by atoms with Crippen LogP contribution >= 0.6 is 0 Å². The van der Waals surface area contributed by atoms with E-state index in [1.165, 1.54) is 12.8 Å². The number of carbonyl (C=O) groups is 1. The van der Waals surface area contributed by atoms with Crippen LogP contribution in [0.2, 0.25) is 0 Å². The predicted molar refractivity (Wildman–Crippen MR) is 101 cm³/mol. The highest BCUT2D eigenvalue weighted by Gasteiger charge is 2.22. The van der Waals surface area contributed by atoms with Gasteiger partial charge in [0, 0.05) is 24.7 Å². The van der Waals surface area contributed by atoms with Crippen molar-refractivity contribution in [2.45, 2.75) is 45.7 Å². The zero-order valence-electron chi connectivity index (χ0n) is 15.7. The Hall–Kier alpha value is -2.24. The zero-order valence-corrected chi connectivity index (χ0v) is 15.7. The highest BCUT2D eigenvalue weighted by molar-refractivity contribution is 5.86. The van der Waals surface area contributed by atoms with Crippen LogP contribution in [-0.4, -0.2) is 37.6 Å². The van der Waals surface area contributed by atoms with Gasteiger partial charge in [0.15, 0.2) is 5.96 Å². The summed E-state index contributed by atoms with van der Waals surface area (Å²) < 4.78 is 5.92. The van der Waals surface area contributed by atoms with Crippen LogP contribution in [0.25, 0.3) is 0 Å². The van der Waals surface area contributed by atoms with Crippen molar-refractivity contribution in [1.29, 1.82) is 0 Å². The molecule has 0 spiro atoms. The maximum atomic E-state index is 11.9. The zero-order chi connectivity index (χ0) is 18.3. The van der Waals surface area contributed by atoms with Crippen molar-refractivity contribution >= 4 is 11.9 Å². The van der Waals surface area contributed by atoms with Gasteiger partial charge in [-0.05, 0) is 45.6 Å². The molecule has 1 saturated carbocycles. The molecule has 6 nitrogen and oxygen atoms in total. The first kappa shape index (κ1) is 19.1. The highest BCUT2D eigenvalue weighted by atomic mass is 16.5. The number of amides is 1. The second-order valence-corrected chi connectivity index (χ2v) is 7.44. The Bertz CT molecular complexity index is 604. The van der Waals surface area contributed by atoms with Crippen LogP contribution < -0.4 is 20.7 Å². The summed E-state index contributed by atoms with van der Waals surface area (Å²) >= 11 is 0. The van der Waals surface area contributed by atoms with Crippen LogP contribution in [-0.2, 0) is 11.3 Å². The Morgan fingerprint density at radius 2 is 1.96 bits per heavy atom. The number of hydrogen-bond donors (Lipinski definition) is 3. The van der Waals surface area contributed by atoms with Crippen molar-refractivity contribution in [3.05, 3.63) is 29.8 Å². The third-order valence-corrected chi connectivity index (χ3v) is 3.74. The van der Waals surface area contributed by atoms with Gasteiger partial charge in [-0.25, -0.2) is 0 Å². The fourth-order valence-electron chi connectivity index (χ4n) is 2.31. The summed E-state index contributed by atoms with van der Waals surface area (Å²) in [5.41, 5.74) is 0.832. The molecule has 0 unspecified atom stereocenters. The molecule has 0 radical (unpaired) electrons. The SMILES string of the molecule is CN=C(NCC(=O)NC(C)(C)C)NCc1ccccc1OCC1CC1. The van der Waals surface area contributed by atoms with E-state index in [0.29, 0.717) is 12.5 Å². The summed E-state index contributed by atoms with van der Waals surface area (Å²) in [6.45, 7) is 7.42. The molecule has 2 rings (SSSR count). The Morgan fingerprint density at radius 1 is 1.24 bits per heavy atom. The summed E-state index contributed by atoms with van der Waals surface area (Å²) in [5, 5.41) is 9.16. The molecule has 1 aliphatic rings. The van der Waals surface area contributed by atoms with Crippen molar-refractivity contribution in [2.24, 2.45) is 10.9 Å². The summed E-state index contributed by atoms with van der Waals surface area (Å²) in [4.78, 5) is 16.0. The lowest BCUT2D eigenvalue weighted by molar-refractivity contribution is -0.121. The Balaban J connectivity index is 1.81. The Kier molecular flexibility index (Phi) is 6.67. The average Bonchev–Trinajstić information content (AvgIpc) is 3.36. The van der Waals surface area contributed by atoms with Crippen molar-refractivity contribution in [1.82, 2.24) is 16.0 Å². The standard InChI is InChI=1S/C19H30N4O2/c1-19(2,3)23-17(24)12-22-18(20-4)21-11-15-7-5-6-8-16(15)25-13-14-9-10-14/h5-8,14H,9-13H2,1-4H3,(H,23,24)(H2,20,21,22). The lowest BCUT2D eigenvalue weighted by Gasteiger charge is -2.21. The minimum atomic E-state index is -0.243. The average molecular weight is 346 g/mol. The molecule has 1 aromatic rings. The van der Waals surface area contributed by atoms with Crippen LogP contribution in [0, 0.1) is 5.92 Å². The van der Waals surface area contributed by atoms with Crippen molar-refractivity contribution in [3.8, 4) is 5.75 Å². The summed E-state index contributed by atoms with van der Waals surface area (Å²) in [5.74, 6) is 2.14. The van der Waals surface area contributed by atoms with E-state index in [0.717, 1.165) is 23.8 Å². The fourth-order valence-corrected chi connectivity index (χ4v) is 2.31. The number of guanidine groups is 1. The maximum Gasteiger partial charge on any atom is 0.239 e. The van der Waals surface area contributed by atoms with Gasteiger partial charge in [-0.15, -0.1) is 0 Å². The highest BCUT2D eigenvalue weighted by Crippen LogP contribution is 2.30. The van der Waals surface area contributed by atoms with Crippen molar-refractivity contribution in [3.63, 3.8) is 0 Å². The lowest BCUT2D eigenvalue weighted by atomic mass is 10.1. The molecule has 6 heteroatoms. The molecule has 1 aromatic carbocycles. The minimum Gasteiger partial charge on any atom is -0.493 e. The van der Waals surface area contributed by atoms with E-state index in [4.69, 9.17) is 4.74 Å². The van der Waals surface area contributed by atoms with E-state index in [1.807, 2.05) is 45.0 Å². The second-order valence-electron chi connectivity index (χ2n) is 7.44. The number of carbonyl (C=O) groups excluding carboxylic acids is 1. The van der Waals surface area contributed by atoms with E-state index >= 15 is 0 Å². The largest absolute Gasteiger partial charge is 0.493 e. The van der Waals surface area contributed by atoms with Crippen LogP contribution in [0.1, 0.15) is 39.2 Å². The van der Waals surface area contributed by atoms with Crippen LogP contribution in [0.3, 0.4) is 0 Å². The third-order valence-electron chi connectivity index (χ3n) is 3.74. The van der Waals surface area contributed by atoms with E-state index in [1.54, 1.807) is 7.05 Å². The molecule has 1 amide bonds. The van der Waals surface area contributed by atoms with Gasteiger partial charge in [0.1, 0.15) is 5.75 Å². The van der Waals surface area contributed by atoms with Gasteiger partial charge in [0.05, 0.1) is 13.2 Å². The number of aliphatic imine (C=N–C) groups is 1. The number of nitrogens with zero attached hydrogens (tertiary/aromatic N) is 1. The van der Waals surface area contributed by atoms with Gasteiger partial charge < -0.3 is 20.7 Å². The number of benzene rings is 1. The van der Waals surface area contributed by atoms with Gasteiger partial charge in [-0.3, -0.25) is 9.79 Å². The number of ether oxygens (including phenoxy) is 1. The van der Waals surface area contributed by atoms with Gasteiger partial charge in [-0.2, -0.15) is 0 Å². The number of hydrogen-bond acceptors (Lipinski definition) is 3. The quantitative estimate of drug-likeness (QED) is 0.522. The van der Waals surface area contributed by atoms with Gasteiger partial charge >= 0.3 is 0 Å². The van der Waals surface area contributed by atoms with E-state index in [2.05, 4.69) is 20.9 Å². The normalized spacial score (nSPS) is 14.8. The van der Waals surface area contributed by atoms with E-state index in [9.17, 15) is 4.79 Å². The topological polar surface area (TPSA) is 74.8 Å². The van der Waals surface area contributed by atoms with Crippen LogP contribution in [0.5, 0.6) is 5.75 Å². The fraction of sp³-hybridized carbons (Fsp3) is 0.579. The number of nitrogens with one attached hydrogen (secondary N) is 3. The molecule has 0 aliphatic heterocycles. The number of rotatable bonds is 7. The molecule has 3 N–H and O–H groups in total. The van der Waals surface area contributed by atoms with E-state index < -0.39 is 0 Å². The van der Waals surface area contributed by atoms with Crippen molar-refractivity contribution in [2.75, 3.05) is 20.2 Å². The first-order chi connectivity index (χ1) is 11.9. The lowest BCUT2D eigenvalue weighted by Crippen LogP contribution is -2.48. The van der Waals surface area contributed by atoms with Crippen LogP contribution in [0.15, 0.2) is 29.3 Å². The molecule has 0 heterocycles. The van der Waals surface area contributed by atoms with Gasteiger partial charge in [0.25, 0.3) is 0 Å². The smallest absolute Gasteiger partial charge is 0.239 e. The molecule has 0 saturated heterocycles. The van der Waals surface area contributed by atoms with Gasteiger partial charge in [0.2, 0.25) is 5.91 Å². The molecule has 25 heavy (non-hydrogen) atoms. The minimum absolute atomic E-state index is 0.0661. The first-order valence-electron chi connectivity index (χ1n) is 8.83. The third kappa shape index (κ3) is 7.45. The van der Waals surface area contributed by atoms with E-state index in [-0.39, 0.29) is 18.0 Å². The van der Waals surface area contributed by atoms with Crippen molar-refractivity contribution < 1.29 is 9.53 Å². The molecular formula is C19H30N4O2. The van der Waals surface area contributed by atoms with Crippen LogP contribution in [0.4, 0.5) is 0 Å². The summed E-state index contributed by atoms with van der Waals surface area (Å²) in [6.07, 6.45) is 2.54. The molecule has 0 atom stereocenters. The first-order valence-corrected chi connectivity index (χ1v) is 8.83. The molecule has 0 aromatic heterocycles. The second kappa shape index (κ2) is 8.74. The molecule has 0 bridgehead atoms. The summed E-state index contributed by atoms with van der Waals surface area (Å²) in [7, 11) is 1.69. The van der Waals surface area contributed by atoms with Gasteiger partial charge in [-0.1, -0.05) is 18.2 Å². The molecule has 1 aliphatic carbocycles. The molecule has 1 fully saturated rings. The Morgan fingerprint density at radius 3 is 2.60 bits per heavy atom. The summed E-state index contributed by atoms with van der Waals surface area (Å²) in [6, 6.07) is 8.00. The Labute approximate surface area is 150 Å². The maximum absolute atomic E-state index is 11.9. The monoisotopic (exact) mass is 346 g/mol. The molecule has 138 valence electrons. The number of para-hydroxylation sites is 1. The molecular weight excluding hydrogens is 316 g/mol. The predicted octanol–water partition coefficient (Wildman–Crippen LogP) is 2.06.